The van der Waals surface area contributed by atoms with Gasteiger partial charge in [0.1, 0.15) is 5.54 Å². The molecule has 3 nitrogen and oxygen atoms in total. The maximum Gasteiger partial charge on any atom is 0.325 e. The van der Waals surface area contributed by atoms with E-state index < -0.39 is 5.54 Å². The van der Waals surface area contributed by atoms with Crippen LogP contribution in [0.15, 0.2) is 0 Å². The second kappa shape index (κ2) is 7.96. The van der Waals surface area contributed by atoms with E-state index in [-0.39, 0.29) is 12.0 Å². The molecule has 0 rings (SSSR count). The molecule has 0 heterocycles. The number of carbonyl (C=O) groups is 1. The molecular formula is C12H25NO2S. The van der Waals surface area contributed by atoms with Crippen molar-refractivity contribution in [3.05, 3.63) is 0 Å². The normalized spacial score (nSPS) is 14.9. The molecule has 0 aromatic carbocycles. The molecule has 0 aliphatic rings. The second-order valence-electron chi connectivity index (χ2n) is 4.57. The fourth-order valence-electron chi connectivity index (χ4n) is 1.82. The van der Waals surface area contributed by atoms with E-state index in [2.05, 4.69) is 11.6 Å². The highest BCUT2D eigenvalue weighted by Gasteiger charge is 2.33. The van der Waals surface area contributed by atoms with Crippen molar-refractivity contribution in [3.63, 3.8) is 0 Å². The molecule has 1 N–H and O–H groups in total. The van der Waals surface area contributed by atoms with E-state index in [1.54, 1.807) is 0 Å². The van der Waals surface area contributed by atoms with Crippen LogP contribution in [-0.2, 0) is 9.53 Å². The highest BCUT2D eigenvalue weighted by Crippen LogP contribution is 2.17. The van der Waals surface area contributed by atoms with Crippen molar-refractivity contribution < 1.29 is 9.53 Å². The molecule has 16 heavy (non-hydrogen) atoms. The predicted octanol–water partition coefficient (Wildman–Crippen LogP) is 2.45. The molecule has 0 saturated carbocycles. The third kappa shape index (κ3) is 5.75. The van der Waals surface area contributed by atoms with E-state index in [4.69, 9.17) is 4.74 Å². The fourth-order valence-corrected chi connectivity index (χ4v) is 2.31. The number of rotatable bonds is 8. The first-order valence-electron chi connectivity index (χ1n) is 5.81. The lowest BCUT2D eigenvalue weighted by molar-refractivity contribution is -0.148. The number of hydrogen-bond donors (Lipinski definition) is 1. The van der Waals surface area contributed by atoms with Crippen molar-refractivity contribution in [3.8, 4) is 0 Å². The Kier molecular flexibility index (Phi) is 7.85. The molecule has 1 atom stereocenters. The van der Waals surface area contributed by atoms with E-state index in [0.29, 0.717) is 0 Å². The Morgan fingerprint density at radius 1 is 1.44 bits per heavy atom. The summed E-state index contributed by atoms with van der Waals surface area (Å²) < 4.78 is 4.87. The quantitative estimate of drug-likeness (QED) is 0.528. The van der Waals surface area contributed by atoms with Crippen molar-refractivity contribution in [1.82, 2.24) is 5.32 Å². The van der Waals surface area contributed by atoms with Crippen LogP contribution in [0, 0.1) is 0 Å². The van der Waals surface area contributed by atoms with Gasteiger partial charge in [0, 0.05) is 6.04 Å². The topological polar surface area (TPSA) is 38.3 Å². The van der Waals surface area contributed by atoms with Gasteiger partial charge in [0.05, 0.1) is 7.11 Å². The number of hydrogen-bond acceptors (Lipinski definition) is 4. The van der Waals surface area contributed by atoms with Gasteiger partial charge < -0.3 is 4.74 Å². The summed E-state index contributed by atoms with van der Waals surface area (Å²) in [5.74, 6) is 0.990. The van der Waals surface area contributed by atoms with Crippen LogP contribution >= 0.6 is 11.8 Å². The van der Waals surface area contributed by atoms with Gasteiger partial charge in [0.2, 0.25) is 0 Å². The van der Waals surface area contributed by atoms with Crippen molar-refractivity contribution in [1.29, 1.82) is 0 Å². The minimum Gasteiger partial charge on any atom is -0.468 e. The Morgan fingerprint density at radius 3 is 2.50 bits per heavy atom. The van der Waals surface area contributed by atoms with Crippen LogP contribution < -0.4 is 5.32 Å². The number of nitrogens with one attached hydrogen (secondary N) is 1. The minimum atomic E-state index is -0.540. The smallest absolute Gasteiger partial charge is 0.325 e. The molecule has 0 radical (unpaired) electrons. The molecule has 0 aliphatic heterocycles. The monoisotopic (exact) mass is 247 g/mol. The van der Waals surface area contributed by atoms with Gasteiger partial charge in [-0.1, -0.05) is 6.42 Å². The largest absolute Gasteiger partial charge is 0.468 e. The van der Waals surface area contributed by atoms with E-state index in [9.17, 15) is 4.79 Å². The van der Waals surface area contributed by atoms with Crippen LogP contribution in [0.1, 0.15) is 40.0 Å². The van der Waals surface area contributed by atoms with Gasteiger partial charge in [-0.25, -0.2) is 0 Å². The van der Waals surface area contributed by atoms with Crippen LogP contribution in [0.5, 0.6) is 0 Å². The summed E-state index contributed by atoms with van der Waals surface area (Å²) >= 11 is 1.84. The first-order chi connectivity index (χ1) is 7.46. The molecule has 0 amide bonds. The van der Waals surface area contributed by atoms with Crippen LogP contribution in [0.4, 0.5) is 0 Å². The average molecular weight is 247 g/mol. The van der Waals surface area contributed by atoms with Crippen molar-refractivity contribution in [2.75, 3.05) is 19.1 Å². The van der Waals surface area contributed by atoms with Crippen LogP contribution in [0.2, 0.25) is 0 Å². The van der Waals surface area contributed by atoms with Crippen molar-refractivity contribution in [2.45, 2.75) is 51.6 Å². The van der Waals surface area contributed by atoms with Gasteiger partial charge in [-0.3, -0.25) is 10.1 Å². The molecule has 0 saturated heterocycles. The van der Waals surface area contributed by atoms with Gasteiger partial charge in [0.25, 0.3) is 0 Å². The Balaban J connectivity index is 4.25. The third-order valence-corrected chi connectivity index (χ3v) is 3.22. The summed E-state index contributed by atoms with van der Waals surface area (Å²) in [4.78, 5) is 11.7. The zero-order chi connectivity index (χ0) is 12.6. The van der Waals surface area contributed by atoms with Gasteiger partial charge in [-0.2, -0.15) is 11.8 Å². The summed E-state index contributed by atoms with van der Waals surface area (Å²) in [6, 6.07) is 0.282. The lowest BCUT2D eigenvalue weighted by atomic mass is 9.94. The standard InChI is InChI=1S/C12H25NO2S/c1-10(2)13-12(3,11(14)15-4)8-6-7-9-16-5/h10,13H,6-9H2,1-5H3. The minimum absolute atomic E-state index is 0.162. The summed E-state index contributed by atoms with van der Waals surface area (Å²) in [6.45, 7) is 6.02. The number of thioether (sulfide) groups is 1. The Hall–Kier alpha value is -0.220. The van der Waals surface area contributed by atoms with Crippen molar-refractivity contribution in [2.24, 2.45) is 0 Å². The van der Waals surface area contributed by atoms with Gasteiger partial charge in [0.15, 0.2) is 0 Å². The summed E-state index contributed by atoms with van der Waals surface area (Å²) in [6.07, 6.45) is 5.13. The molecule has 0 aromatic rings. The van der Waals surface area contributed by atoms with E-state index in [1.807, 2.05) is 32.5 Å². The molecule has 1 unspecified atom stereocenters. The Bertz CT molecular complexity index is 209. The van der Waals surface area contributed by atoms with Gasteiger partial charge >= 0.3 is 5.97 Å². The zero-order valence-electron chi connectivity index (χ0n) is 11.1. The van der Waals surface area contributed by atoms with Crippen molar-refractivity contribution >= 4 is 17.7 Å². The number of carbonyl (C=O) groups excluding carboxylic acids is 1. The molecule has 96 valence electrons. The van der Waals surface area contributed by atoms with Gasteiger partial charge in [-0.15, -0.1) is 0 Å². The van der Waals surface area contributed by atoms with Crippen LogP contribution in [-0.4, -0.2) is 36.7 Å². The lowest BCUT2D eigenvalue weighted by Crippen LogP contribution is -2.52. The fraction of sp³-hybridized carbons (Fsp3) is 0.917. The molecule has 0 aliphatic carbocycles. The zero-order valence-corrected chi connectivity index (χ0v) is 11.9. The molecular weight excluding hydrogens is 222 g/mol. The van der Waals surface area contributed by atoms with E-state index >= 15 is 0 Å². The first-order valence-corrected chi connectivity index (χ1v) is 7.20. The predicted molar refractivity (Wildman–Crippen MR) is 70.9 cm³/mol. The Labute approximate surface area is 104 Å². The molecule has 0 bridgehead atoms. The number of esters is 1. The van der Waals surface area contributed by atoms with Gasteiger partial charge in [-0.05, 0) is 45.6 Å². The van der Waals surface area contributed by atoms with Crippen LogP contribution in [0.3, 0.4) is 0 Å². The number of unbranched alkanes of at least 4 members (excludes halogenated alkanes) is 1. The van der Waals surface area contributed by atoms with E-state index in [0.717, 1.165) is 25.0 Å². The average Bonchev–Trinajstić information content (AvgIpc) is 2.22. The number of ether oxygens (including phenoxy) is 1. The SMILES string of the molecule is COC(=O)C(C)(CCCCSC)NC(C)C. The summed E-state index contributed by atoms with van der Waals surface area (Å²) in [7, 11) is 1.45. The highest BCUT2D eigenvalue weighted by atomic mass is 32.2. The maximum atomic E-state index is 11.7. The number of methoxy groups -OCH3 is 1. The van der Waals surface area contributed by atoms with Crippen LogP contribution in [0.25, 0.3) is 0 Å². The lowest BCUT2D eigenvalue weighted by Gasteiger charge is -2.30. The molecule has 4 heteroatoms. The first kappa shape index (κ1) is 15.8. The maximum absolute atomic E-state index is 11.7. The van der Waals surface area contributed by atoms with E-state index in [1.165, 1.54) is 7.11 Å². The molecule has 0 aromatic heterocycles. The third-order valence-electron chi connectivity index (χ3n) is 2.52. The highest BCUT2D eigenvalue weighted by molar-refractivity contribution is 7.98. The summed E-state index contributed by atoms with van der Waals surface area (Å²) in [5.41, 5.74) is -0.540. The second-order valence-corrected chi connectivity index (χ2v) is 5.56. The molecule has 0 fully saturated rings. The Morgan fingerprint density at radius 2 is 2.06 bits per heavy atom. The summed E-state index contributed by atoms with van der Waals surface area (Å²) in [5, 5.41) is 3.30. The molecule has 0 spiro atoms.